The molecule has 4 heteroatoms. The van der Waals surface area contributed by atoms with E-state index in [1.807, 2.05) is 12.1 Å². The highest BCUT2D eigenvalue weighted by atomic mass is 127. The summed E-state index contributed by atoms with van der Waals surface area (Å²) in [6.07, 6.45) is 3.78. The monoisotopic (exact) mass is 346 g/mol. The molecule has 2 rings (SSSR count). The third-order valence-electron chi connectivity index (χ3n) is 3.44. The van der Waals surface area contributed by atoms with Gasteiger partial charge in [0, 0.05) is 35.2 Å². The van der Waals surface area contributed by atoms with Crippen LogP contribution in [0.15, 0.2) is 18.2 Å². The van der Waals surface area contributed by atoms with Gasteiger partial charge >= 0.3 is 0 Å². The second-order valence-corrected chi connectivity index (χ2v) is 6.00. The number of hydrogen-bond acceptors (Lipinski definition) is 3. The Morgan fingerprint density at radius 2 is 2.24 bits per heavy atom. The predicted octanol–water partition coefficient (Wildman–Crippen LogP) is 3.10. The molecule has 1 saturated carbocycles. The van der Waals surface area contributed by atoms with E-state index in [-0.39, 0.29) is 0 Å². The van der Waals surface area contributed by atoms with Crippen LogP contribution in [0.25, 0.3) is 0 Å². The van der Waals surface area contributed by atoms with Crippen LogP contribution in [0, 0.1) is 8.99 Å². The first kappa shape index (κ1) is 13.0. The van der Waals surface area contributed by atoms with Crippen LogP contribution >= 0.6 is 22.6 Å². The molecule has 1 aliphatic rings. The second kappa shape index (κ2) is 5.44. The van der Waals surface area contributed by atoms with Gasteiger partial charge < -0.3 is 15.8 Å². The van der Waals surface area contributed by atoms with Crippen molar-refractivity contribution in [2.75, 3.05) is 31.3 Å². The molecule has 1 aromatic rings. The smallest absolute Gasteiger partial charge is 0.0477 e. The number of nitrogens with two attached hydrogens (primary N) is 1. The fourth-order valence-electron chi connectivity index (χ4n) is 1.97. The van der Waals surface area contributed by atoms with E-state index in [1.165, 1.54) is 22.1 Å². The minimum atomic E-state index is 0.473. The summed E-state index contributed by atoms with van der Waals surface area (Å²) in [5.41, 5.74) is 8.21. The lowest BCUT2D eigenvalue weighted by Crippen LogP contribution is -2.17. The van der Waals surface area contributed by atoms with E-state index < -0.39 is 0 Å². The molecular weight excluding hydrogens is 327 g/mol. The van der Waals surface area contributed by atoms with Crippen LogP contribution in [-0.4, -0.2) is 20.3 Å². The number of nitrogens with one attached hydrogen (secondary N) is 1. The highest BCUT2D eigenvalue weighted by Crippen LogP contribution is 2.48. The Balaban J connectivity index is 1.89. The summed E-state index contributed by atoms with van der Waals surface area (Å²) in [4.78, 5) is 0. The van der Waals surface area contributed by atoms with Crippen LogP contribution < -0.4 is 11.1 Å². The molecule has 0 unspecified atom stereocenters. The largest absolute Gasteiger partial charge is 0.399 e. The average Bonchev–Trinajstić information content (AvgIpc) is 3.06. The SMILES string of the molecule is COCCC1(CNc2ccc(N)cc2I)CC1. The predicted molar refractivity (Wildman–Crippen MR) is 80.2 cm³/mol. The van der Waals surface area contributed by atoms with Gasteiger partial charge in [-0.25, -0.2) is 0 Å². The summed E-state index contributed by atoms with van der Waals surface area (Å²) >= 11 is 2.32. The first-order valence-corrected chi connectivity index (χ1v) is 7.01. The fraction of sp³-hybridized carbons (Fsp3) is 0.538. The van der Waals surface area contributed by atoms with Gasteiger partial charge in [0.2, 0.25) is 0 Å². The molecule has 0 spiro atoms. The van der Waals surface area contributed by atoms with E-state index in [0.29, 0.717) is 5.41 Å². The minimum absolute atomic E-state index is 0.473. The maximum absolute atomic E-state index is 5.74. The Labute approximate surface area is 116 Å². The van der Waals surface area contributed by atoms with Crippen LogP contribution in [-0.2, 0) is 4.74 Å². The van der Waals surface area contributed by atoms with E-state index in [0.717, 1.165) is 25.3 Å². The molecule has 1 fully saturated rings. The van der Waals surface area contributed by atoms with Gasteiger partial charge in [-0.2, -0.15) is 0 Å². The van der Waals surface area contributed by atoms with Crippen LogP contribution in [0.1, 0.15) is 19.3 Å². The summed E-state index contributed by atoms with van der Waals surface area (Å²) in [6.45, 7) is 1.90. The molecule has 0 amide bonds. The molecule has 3 nitrogen and oxygen atoms in total. The average molecular weight is 346 g/mol. The van der Waals surface area contributed by atoms with Crippen molar-refractivity contribution in [3.63, 3.8) is 0 Å². The number of anilines is 2. The Morgan fingerprint density at radius 1 is 1.47 bits per heavy atom. The van der Waals surface area contributed by atoms with Gasteiger partial charge in [-0.15, -0.1) is 0 Å². The Hall–Kier alpha value is -0.490. The van der Waals surface area contributed by atoms with Crippen LogP contribution in [0.3, 0.4) is 0 Å². The Morgan fingerprint density at radius 3 is 2.82 bits per heavy atom. The van der Waals surface area contributed by atoms with E-state index in [2.05, 4.69) is 34.0 Å². The lowest BCUT2D eigenvalue weighted by molar-refractivity contribution is 0.175. The number of nitrogen functional groups attached to an aromatic ring is 1. The standard InChI is InChI=1S/C13H19IN2O/c1-17-7-6-13(4-5-13)9-16-12-3-2-10(15)8-11(12)14/h2-3,8,16H,4-7,9,15H2,1H3. The number of benzene rings is 1. The molecule has 0 radical (unpaired) electrons. The van der Waals surface area contributed by atoms with Crippen LogP contribution in [0.4, 0.5) is 11.4 Å². The molecule has 0 bridgehead atoms. The van der Waals surface area contributed by atoms with Crippen molar-refractivity contribution in [1.29, 1.82) is 0 Å². The van der Waals surface area contributed by atoms with Gasteiger partial charge in [-0.1, -0.05) is 0 Å². The zero-order valence-corrected chi connectivity index (χ0v) is 12.3. The molecular formula is C13H19IN2O. The summed E-state index contributed by atoms with van der Waals surface area (Å²) in [5.74, 6) is 0. The van der Waals surface area contributed by atoms with Gasteiger partial charge in [0.25, 0.3) is 0 Å². The topological polar surface area (TPSA) is 47.3 Å². The van der Waals surface area contributed by atoms with Gasteiger partial charge in [0.1, 0.15) is 0 Å². The third-order valence-corrected chi connectivity index (χ3v) is 4.33. The summed E-state index contributed by atoms with van der Waals surface area (Å²) in [6, 6.07) is 6.00. The normalized spacial score (nSPS) is 16.8. The quantitative estimate of drug-likeness (QED) is 0.615. The molecule has 94 valence electrons. The van der Waals surface area contributed by atoms with Crippen molar-refractivity contribution in [1.82, 2.24) is 0 Å². The van der Waals surface area contributed by atoms with Crippen molar-refractivity contribution in [3.8, 4) is 0 Å². The summed E-state index contributed by atoms with van der Waals surface area (Å²) in [7, 11) is 1.77. The van der Waals surface area contributed by atoms with Crippen molar-refractivity contribution >= 4 is 34.0 Å². The molecule has 17 heavy (non-hydrogen) atoms. The highest BCUT2D eigenvalue weighted by molar-refractivity contribution is 14.1. The number of hydrogen-bond donors (Lipinski definition) is 2. The maximum Gasteiger partial charge on any atom is 0.0477 e. The Kier molecular flexibility index (Phi) is 4.14. The van der Waals surface area contributed by atoms with Crippen molar-refractivity contribution < 1.29 is 4.74 Å². The third kappa shape index (κ3) is 3.48. The maximum atomic E-state index is 5.74. The van der Waals surface area contributed by atoms with Crippen LogP contribution in [0.5, 0.6) is 0 Å². The molecule has 1 aromatic carbocycles. The van der Waals surface area contributed by atoms with Gasteiger partial charge in [0.05, 0.1) is 0 Å². The summed E-state index contributed by atoms with van der Waals surface area (Å²) in [5, 5.41) is 3.53. The number of methoxy groups -OCH3 is 1. The van der Waals surface area contributed by atoms with Crippen molar-refractivity contribution in [3.05, 3.63) is 21.8 Å². The number of halogens is 1. The lowest BCUT2D eigenvalue weighted by Gasteiger charge is -2.17. The number of rotatable bonds is 6. The lowest BCUT2D eigenvalue weighted by atomic mass is 10.0. The fourth-order valence-corrected chi connectivity index (χ4v) is 2.70. The van der Waals surface area contributed by atoms with Gasteiger partial charge in [-0.3, -0.25) is 0 Å². The zero-order valence-electron chi connectivity index (χ0n) is 10.1. The first-order chi connectivity index (χ1) is 8.15. The van der Waals surface area contributed by atoms with Crippen molar-refractivity contribution in [2.45, 2.75) is 19.3 Å². The summed E-state index contributed by atoms with van der Waals surface area (Å²) < 4.78 is 6.35. The van der Waals surface area contributed by atoms with Crippen LogP contribution in [0.2, 0.25) is 0 Å². The Bertz CT molecular complexity index is 391. The molecule has 0 saturated heterocycles. The van der Waals surface area contributed by atoms with E-state index in [4.69, 9.17) is 10.5 Å². The zero-order chi connectivity index (χ0) is 12.3. The number of ether oxygens (including phenoxy) is 1. The molecule has 0 aliphatic heterocycles. The minimum Gasteiger partial charge on any atom is -0.399 e. The molecule has 1 aliphatic carbocycles. The highest BCUT2D eigenvalue weighted by Gasteiger charge is 2.41. The molecule has 0 atom stereocenters. The van der Waals surface area contributed by atoms with E-state index in [1.54, 1.807) is 7.11 Å². The van der Waals surface area contributed by atoms with Gasteiger partial charge in [0.15, 0.2) is 0 Å². The molecule has 0 aromatic heterocycles. The molecule has 3 N–H and O–H groups in total. The van der Waals surface area contributed by atoms with Crippen molar-refractivity contribution in [2.24, 2.45) is 5.41 Å². The first-order valence-electron chi connectivity index (χ1n) is 5.93. The van der Waals surface area contributed by atoms with Gasteiger partial charge in [-0.05, 0) is 65.5 Å². The second-order valence-electron chi connectivity index (χ2n) is 4.84. The van der Waals surface area contributed by atoms with E-state index >= 15 is 0 Å². The van der Waals surface area contributed by atoms with E-state index in [9.17, 15) is 0 Å². The molecule has 0 heterocycles.